The van der Waals surface area contributed by atoms with E-state index in [0.29, 0.717) is 30.8 Å². The van der Waals surface area contributed by atoms with Crippen LogP contribution in [0.4, 0.5) is 0 Å². The van der Waals surface area contributed by atoms with Gasteiger partial charge in [-0.3, -0.25) is 0 Å². The Labute approximate surface area is 377 Å². The van der Waals surface area contributed by atoms with E-state index < -0.39 is 0 Å². The first-order chi connectivity index (χ1) is 30.7. The molecule has 0 N–H and O–H groups in total. The number of benzene rings is 7. The first-order valence-corrected chi connectivity index (χ1v) is 22.5. The van der Waals surface area contributed by atoms with E-state index in [1.807, 2.05) is 24.4 Å². The SMILES string of the molecule is CC(C)(C)c1ccnc(-n2c3[c-]c(Oc4[c-]c(-n5[c](=[Pt])n(-c6c(-c7ccccc7)cc7c(c6-c6ccccc6)CCC(=O)C7)c6ccccc65)ccc4)ccc3c3ccccc32)c1. The molecule has 0 spiro atoms. The predicted octanol–water partition coefficient (Wildman–Crippen LogP) is 13.1. The number of imidazole rings is 1. The molecule has 10 aromatic rings. The Morgan fingerprint density at radius 2 is 1.32 bits per heavy atom. The molecule has 63 heavy (non-hydrogen) atoms. The van der Waals surface area contributed by atoms with Gasteiger partial charge in [-0.05, 0) is 17.0 Å². The molecule has 6 nitrogen and oxygen atoms in total. The van der Waals surface area contributed by atoms with Crippen molar-refractivity contribution in [2.75, 3.05) is 0 Å². The fourth-order valence-corrected chi connectivity index (χ4v) is 10.3. The number of carbonyl (C=O) groups excluding carboxylic acids is 1. The molecule has 0 saturated carbocycles. The second kappa shape index (κ2) is 15.5. The van der Waals surface area contributed by atoms with Crippen LogP contribution in [0.25, 0.3) is 72.3 Å². The minimum atomic E-state index is -0.0337. The Morgan fingerprint density at radius 3 is 2.08 bits per heavy atom. The van der Waals surface area contributed by atoms with Crippen molar-refractivity contribution < 1.29 is 28.9 Å². The van der Waals surface area contributed by atoms with Gasteiger partial charge in [-0.2, -0.15) is 0 Å². The molecule has 0 radical (unpaired) electrons. The second-order valence-corrected chi connectivity index (χ2v) is 18.2. The third-order valence-corrected chi connectivity index (χ3v) is 13.2. The van der Waals surface area contributed by atoms with Crippen molar-refractivity contribution in [2.24, 2.45) is 0 Å². The Morgan fingerprint density at radius 1 is 0.635 bits per heavy atom. The summed E-state index contributed by atoms with van der Waals surface area (Å²) >= 11 is 2.47. The Hall–Kier alpha value is -6.88. The van der Waals surface area contributed by atoms with Gasteiger partial charge in [-0.15, -0.1) is 0 Å². The van der Waals surface area contributed by atoms with Gasteiger partial charge in [0.1, 0.15) is 0 Å². The molecule has 1 aliphatic carbocycles. The summed E-state index contributed by atoms with van der Waals surface area (Å²) in [5.74, 6) is 2.29. The zero-order valence-corrected chi connectivity index (χ0v) is 37.4. The Balaban J connectivity index is 1.07. The third-order valence-electron chi connectivity index (χ3n) is 12.2. The number of carbonyl (C=O) groups is 1. The molecule has 11 rings (SSSR count). The van der Waals surface area contributed by atoms with Gasteiger partial charge < -0.3 is 0 Å². The van der Waals surface area contributed by atoms with E-state index >= 15 is 0 Å². The average molecular weight is 998 g/mol. The van der Waals surface area contributed by atoms with E-state index in [0.717, 1.165) is 81.7 Å². The van der Waals surface area contributed by atoms with Crippen LogP contribution in [0.3, 0.4) is 0 Å². The molecular formula is C56H42N4O2Pt-2. The number of fused-ring (bicyclic) bond motifs is 5. The van der Waals surface area contributed by atoms with Crippen LogP contribution in [0.15, 0.2) is 164 Å². The minimum absolute atomic E-state index is 0.0337. The molecule has 0 unspecified atom stereocenters. The quantitative estimate of drug-likeness (QED) is 0.150. The van der Waals surface area contributed by atoms with Crippen molar-refractivity contribution in [3.8, 4) is 50.9 Å². The van der Waals surface area contributed by atoms with Crippen LogP contribution in [0.1, 0.15) is 43.9 Å². The normalized spacial score (nSPS) is 12.9. The van der Waals surface area contributed by atoms with E-state index in [-0.39, 0.29) is 11.2 Å². The van der Waals surface area contributed by atoms with Gasteiger partial charge in [0.15, 0.2) is 0 Å². The van der Waals surface area contributed by atoms with Crippen molar-refractivity contribution in [1.29, 1.82) is 0 Å². The van der Waals surface area contributed by atoms with Crippen LogP contribution in [0, 0.1) is 15.9 Å². The third kappa shape index (κ3) is 6.81. The number of aromatic nitrogens is 4. The van der Waals surface area contributed by atoms with Crippen LogP contribution in [0.2, 0.25) is 0 Å². The number of para-hydroxylation sites is 3. The molecule has 3 heterocycles. The Bertz CT molecular complexity index is 3480. The van der Waals surface area contributed by atoms with Crippen molar-refractivity contribution in [3.05, 3.63) is 197 Å². The first kappa shape index (κ1) is 39.0. The molecule has 0 amide bonds. The molecule has 1 aliphatic rings. The molecule has 0 bridgehead atoms. The number of hydrogen-bond donors (Lipinski definition) is 0. The van der Waals surface area contributed by atoms with Gasteiger partial charge in [0.05, 0.1) is 0 Å². The topological polar surface area (TPSA) is 54.0 Å². The maximum atomic E-state index is 13.0. The zero-order chi connectivity index (χ0) is 42.8. The van der Waals surface area contributed by atoms with Crippen LogP contribution in [-0.2, 0) is 42.4 Å². The van der Waals surface area contributed by atoms with Gasteiger partial charge in [-0.1, -0.05) is 32.9 Å². The Kier molecular flexibility index (Phi) is 9.58. The van der Waals surface area contributed by atoms with Gasteiger partial charge in [0.2, 0.25) is 0 Å². The van der Waals surface area contributed by atoms with Crippen molar-refractivity contribution in [3.63, 3.8) is 0 Å². The van der Waals surface area contributed by atoms with Gasteiger partial charge in [0.25, 0.3) is 0 Å². The number of pyridine rings is 1. The fraction of sp³-hybridized carbons (Fsp3) is 0.125. The summed E-state index contributed by atoms with van der Waals surface area (Å²) < 4.78 is 14.5. The summed E-state index contributed by atoms with van der Waals surface area (Å²) in [5, 5.41) is 2.21. The van der Waals surface area contributed by atoms with Gasteiger partial charge >= 0.3 is 323 Å². The standard InChI is InChI=1S/C56H42N4O2.Pt/c1-56(2,3)40-29-30-57-53(33-40)60-49-22-11-10-21-46(49)47-28-26-44(35-52(47)60)62-43-20-14-19-41(34-43)58-36-59(51-24-13-12-23-50(51)58)55-48(37-15-6-4-7-16-37)32-39-31-42(61)25-27-45(39)54(55)38-17-8-5-9-18-38;/h4-24,26,28-30,32-33H,25,27,31H2,1-3H3;/q-2;. The van der Waals surface area contributed by atoms with E-state index in [1.54, 1.807) is 0 Å². The van der Waals surface area contributed by atoms with Crippen LogP contribution in [0.5, 0.6) is 11.5 Å². The fourth-order valence-electron chi connectivity index (χ4n) is 9.24. The van der Waals surface area contributed by atoms with Crippen molar-refractivity contribution >= 4 is 38.6 Å². The number of ether oxygens (including phenoxy) is 1. The summed E-state index contributed by atoms with van der Waals surface area (Å²) in [6.45, 7) is 6.67. The van der Waals surface area contributed by atoms with Crippen LogP contribution in [-0.4, -0.2) is 24.5 Å². The summed E-state index contributed by atoms with van der Waals surface area (Å²) in [6, 6.07) is 62.2. The van der Waals surface area contributed by atoms with Gasteiger partial charge in [-0.25, -0.2) is 0 Å². The van der Waals surface area contributed by atoms with E-state index in [4.69, 9.17) is 9.72 Å². The number of nitrogens with zero attached hydrogens (tertiary/aromatic N) is 4. The summed E-state index contributed by atoms with van der Waals surface area (Å²) in [4.78, 5) is 17.8. The number of ketones is 1. The number of rotatable bonds is 7. The van der Waals surface area contributed by atoms with Gasteiger partial charge in [0, 0.05) is 6.20 Å². The molecular weight excluding hydrogens is 956 g/mol. The molecule has 310 valence electrons. The van der Waals surface area contributed by atoms with Crippen LogP contribution >= 0.6 is 0 Å². The molecule has 7 heteroatoms. The number of Topliss-reactive ketones (excluding diaryl/α,β-unsaturated/α-hetero) is 1. The van der Waals surface area contributed by atoms with Crippen molar-refractivity contribution in [2.45, 2.75) is 45.4 Å². The summed E-state index contributed by atoms with van der Waals surface area (Å²) in [6.07, 6.45) is 3.57. The van der Waals surface area contributed by atoms with Crippen molar-refractivity contribution in [1.82, 2.24) is 18.7 Å². The zero-order valence-electron chi connectivity index (χ0n) is 35.1. The molecule has 0 fully saturated rings. The predicted molar refractivity (Wildman–Crippen MR) is 249 cm³/mol. The second-order valence-electron chi connectivity index (χ2n) is 17.2. The first-order valence-electron chi connectivity index (χ1n) is 21.3. The van der Waals surface area contributed by atoms with E-state index in [1.165, 1.54) is 11.1 Å². The molecule has 0 atom stereocenters. The molecule has 3 aromatic heterocycles. The molecule has 7 aromatic carbocycles. The van der Waals surface area contributed by atoms with Crippen LogP contribution < -0.4 is 4.74 Å². The van der Waals surface area contributed by atoms with E-state index in [9.17, 15) is 4.79 Å². The summed E-state index contributed by atoms with van der Waals surface area (Å²) in [7, 11) is 0. The van der Waals surface area contributed by atoms with E-state index in [2.05, 4.69) is 205 Å². The maximum absolute atomic E-state index is 13.0. The summed E-state index contributed by atoms with van der Waals surface area (Å²) in [5.41, 5.74) is 14.0. The number of hydrogen-bond acceptors (Lipinski definition) is 3. The average Bonchev–Trinajstić information content (AvgIpc) is 3.79. The molecule has 0 saturated heterocycles. The monoisotopic (exact) mass is 997 g/mol. The molecule has 0 aliphatic heterocycles.